The maximum atomic E-state index is 4.06. The van der Waals surface area contributed by atoms with Crippen molar-refractivity contribution in [1.29, 1.82) is 0 Å². The van der Waals surface area contributed by atoms with Gasteiger partial charge in [0, 0.05) is 0 Å². The molecule has 0 aliphatic carbocycles. The molecular formula is C34H30Cl2N2SiZr-2. The summed E-state index contributed by atoms with van der Waals surface area (Å²) in [5.41, 5.74) is 10.2. The average molecular weight is 657 g/mol. The first-order valence-electron chi connectivity index (χ1n) is 12.6. The van der Waals surface area contributed by atoms with Crippen LogP contribution >= 0.6 is 0 Å². The van der Waals surface area contributed by atoms with Crippen molar-refractivity contribution in [2.24, 2.45) is 0 Å². The first-order valence-corrected chi connectivity index (χ1v) is 18.8. The minimum Gasteiger partial charge on any atom is -1.00 e. The molecule has 0 saturated heterocycles. The van der Waals surface area contributed by atoms with Crippen LogP contribution in [-0.4, -0.2) is 15.4 Å². The Morgan fingerprint density at radius 2 is 0.825 bits per heavy atom. The Balaban J connectivity index is 0.000000237. The van der Waals surface area contributed by atoms with Crippen LogP contribution in [0.15, 0.2) is 146 Å². The molecular weight excluding hydrogens is 627 g/mol. The Morgan fingerprint density at radius 1 is 0.500 bits per heavy atom. The van der Waals surface area contributed by atoms with Crippen molar-refractivity contribution < 1.29 is 48.1 Å². The van der Waals surface area contributed by atoms with E-state index in [1.54, 1.807) is 23.3 Å². The number of hydrogen-bond donors (Lipinski definition) is 0. The van der Waals surface area contributed by atoms with Gasteiger partial charge >= 0.3 is 41.9 Å². The zero-order chi connectivity index (χ0) is 26.6. The second kappa shape index (κ2) is 17.7. The van der Waals surface area contributed by atoms with Crippen molar-refractivity contribution in [3.63, 3.8) is 0 Å². The molecule has 6 rings (SSSR count). The largest absolute Gasteiger partial charge is 1.00 e. The van der Waals surface area contributed by atoms with E-state index in [4.69, 9.17) is 0 Å². The van der Waals surface area contributed by atoms with E-state index in [0.29, 0.717) is 0 Å². The summed E-state index contributed by atoms with van der Waals surface area (Å²) in [6.45, 7) is 4.62. The molecule has 40 heavy (non-hydrogen) atoms. The predicted molar refractivity (Wildman–Crippen MR) is 159 cm³/mol. The first kappa shape index (κ1) is 33.3. The molecule has 0 saturated carbocycles. The van der Waals surface area contributed by atoms with Gasteiger partial charge in [0.2, 0.25) is 0 Å². The summed E-state index contributed by atoms with van der Waals surface area (Å²) in [6, 6.07) is 41.9. The third-order valence-electron chi connectivity index (χ3n) is 5.78. The third kappa shape index (κ3) is 9.64. The van der Waals surface area contributed by atoms with Crippen LogP contribution in [0, 0.1) is 0 Å². The second-order valence-corrected chi connectivity index (χ2v) is 18.3. The van der Waals surface area contributed by atoms with Gasteiger partial charge in [0.15, 0.2) is 0 Å². The molecule has 0 bridgehead atoms. The predicted octanol–water partition coefficient (Wildman–Crippen LogP) is 3.06. The van der Waals surface area contributed by atoms with Crippen molar-refractivity contribution in [2.75, 3.05) is 0 Å². The molecule has 4 aromatic carbocycles. The Bertz CT molecular complexity index is 1310. The Hall–Kier alpha value is -2.88. The van der Waals surface area contributed by atoms with E-state index in [1.807, 2.05) is 61.2 Å². The van der Waals surface area contributed by atoms with Crippen LogP contribution in [-0.2, 0) is 23.3 Å². The van der Waals surface area contributed by atoms with Crippen LogP contribution in [0.3, 0.4) is 0 Å². The van der Waals surface area contributed by atoms with Gasteiger partial charge in [0.25, 0.3) is 0 Å². The van der Waals surface area contributed by atoms with Gasteiger partial charge in [-0.15, -0.1) is 36.4 Å². The van der Waals surface area contributed by atoms with Gasteiger partial charge < -0.3 is 24.8 Å². The smallest absolute Gasteiger partial charge is 0.000985 e. The van der Waals surface area contributed by atoms with Gasteiger partial charge in [-0.2, -0.15) is 0 Å². The van der Waals surface area contributed by atoms with Crippen LogP contribution < -0.4 is 24.8 Å². The molecule has 0 aliphatic heterocycles. The molecule has 0 atom stereocenters. The van der Waals surface area contributed by atoms with Crippen LogP contribution in [0.2, 0.25) is 13.1 Å². The van der Waals surface area contributed by atoms with Gasteiger partial charge in [0.05, 0.1) is 0 Å². The minimum absolute atomic E-state index is 0. The van der Waals surface area contributed by atoms with E-state index >= 15 is 0 Å². The van der Waals surface area contributed by atoms with E-state index in [9.17, 15) is 0 Å². The van der Waals surface area contributed by atoms with Gasteiger partial charge in [-0.1, -0.05) is 129 Å². The fourth-order valence-corrected chi connectivity index (χ4v) is 4.15. The molecule has 2 heterocycles. The minimum atomic E-state index is 0. The van der Waals surface area contributed by atoms with Crippen molar-refractivity contribution in [3.8, 4) is 44.5 Å². The third-order valence-corrected chi connectivity index (χ3v) is 5.78. The molecule has 6 aromatic rings. The SMILES string of the molecule is C[Si](C)=[Zr+2].[Cl-].[Cl-].c1ccc(-c2ccc[c-]2-c2ccncc2)cc1.c1ccc(-c2ccc[c-]2-c2ccncc2)cc1. The molecule has 6 heteroatoms. The number of benzene rings is 2. The molecule has 2 aromatic heterocycles. The van der Waals surface area contributed by atoms with Gasteiger partial charge in [-0.25, -0.2) is 0 Å². The standard InChI is InChI=1S/2C16H12N.C2H6Si.2ClH.Zr/c2*1-2-5-13(6-3-1)15-7-4-8-16(15)14-9-11-17-12-10-14;1-3-2;;;/h2*1-12H;1-2H3;2*1H;/q2*-1;;;;+2/p-2. The van der Waals surface area contributed by atoms with Crippen LogP contribution in [0.5, 0.6) is 0 Å². The number of pyridine rings is 2. The van der Waals surface area contributed by atoms with Crippen molar-refractivity contribution in [2.45, 2.75) is 13.1 Å². The molecule has 0 unspecified atom stereocenters. The quantitative estimate of drug-likeness (QED) is 0.216. The Morgan fingerprint density at radius 3 is 1.15 bits per heavy atom. The molecule has 0 aliphatic rings. The maximum absolute atomic E-state index is 4.06. The van der Waals surface area contributed by atoms with E-state index in [0.717, 1.165) is 0 Å². The molecule has 0 fully saturated rings. The molecule has 0 radical (unpaired) electrons. The fraction of sp³-hybridized carbons (Fsp3) is 0.0588. The van der Waals surface area contributed by atoms with Crippen molar-refractivity contribution in [1.82, 2.24) is 9.97 Å². The number of hydrogen-bond acceptors (Lipinski definition) is 2. The summed E-state index contributed by atoms with van der Waals surface area (Å²) in [5, 5.41) is 0. The van der Waals surface area contributed by atoms with Crippen molar-refractivity contribution in [3.05, 3.63) is 146 Å². The topological polar surface area (TPSA) is 25.8 Å². The van der Waals surface area contributed by atoms with E-state index in [2.05, 4.69) is 108 Å². The number of halogens is 2. The van der Waals surface area contributed by atoms with E-state index in [-0.39, 0.29) is 30.2 Å². The number of aromatic nitrogens is 2. The van der Waals surface area contributed by atoms with Crippen LogP contribution in [0.25, 0.3) is 44.5 Å². The van der Waals surface area contributed by atoms with Gasteiger partial charge in [-0.05, 0) is 24.8 Å². The second-order valence-electron chi connectivity index (χ2n) is 8.91. The monoisotopic (exact) mass is 654 g/mol. The molecule has 2 nitrogen and oxygen atoms in total. The van der Waals surface area contributed by atoms with E-state index < -0.39 is 0 Å². The normalized spacial score (nSPS) is 9.50. The Labute approximate surface area is 265 Å². The fourth-order valence-electron chi connectivity index (χ4n) is 4.15. The zero-order valence-electron chi connectivity index (χ0n) is 22.5. The summed E-state index contributed by atoms with van der Waals surface area (Å²) in [7, 11) is 0. The molecule has 0 N–H and O–H groups in total. The summed E-state index contributed by atoms with van der Waals surface area (Å²) in [6.07, 6.45) is 7.32. The molecule has 0 amide bonds. The van der Waals surface area contributed by atoms with Gasteiger partial charge in [0.1, 0.15) is 0 Å². The Kier molecular flexibility index (Phi) is 14.8. The average Bonchev–Trinajstić information content (AvgIpc) is 3.66. The van der Waals surface area contributed by atoms with Crippen LogP contribution in [0.4, 0.5) is 0 Å². The zero-order valence-corrected chi connectivity index (χ0v) is 27.5. The number of nitrogens with zero attached hydrogens (tertiary/aromatic N) is 2. The summed E-state index contributed by atoms with van der Waals surface area (Å²) in [5.74, 6) is 0. The summed E-state index contributed by atoms with van der Waals surface area (Å²) >= 11 is 1.74. The first-order chi connectivity index (χ1) is 18.6. The summed E-state index contributed by atoms with van der Waals surface area (Å²) in [4.78, 5) is 8.12. The van der Waals surface area contributed by atoms with Crippen molar-refractivity contribution >= 4 is 5.43 Å². The molecule has 0 spiro atoms. The molecule has 200 valence electrons. The summed E-state index contributed by atoms with van der Waals surface area (Å²) < 4.78 is 0. The van der Waals surface area contributed by atoms with E-state index in [1.165, 1.54) is 44.5 Å². The maximum Gasteiger partial charge on any atom is -0.000985 e. The van der Waals surface area contributed by atoms with Crippen LogP contribution in [0.1, 0.15) is 0 Å². The number of rotatable bonds is 4. The van der Waals surface area contributed by atoms with Gasteiger partial charge in [-0.3, -0.25) is 9.97 Å².